The number of hydrogen-bond acceptors (Lipinski definition) is 8. The maximum atomic E-state index is 12.6. The van der Waals surface area contributed by atoms with E-state index in [-0.39, 0.29) is 17.6 Å². The van der Waals surface area contributed by atoms with E-state index < -0.39 is 6.10 Å². The third-order valence-corrected chi connectivity index (χ3v) is 6.86. The van der Waals surface area contributed by atoms with Gasteiger partial charge in [-0.15, -0.1) is 0 Å². The van der Waals surface area contributed by atoms with Crippen molar-refractivity contribution in [3.63, 3.8) is 0 Å². The zero-order chi connectivity index (χ0) is 22.8. The number of fused-ring (bicyclic) bond motifs is 1. The molecule has 5 rings (SSSR count). The Morgan fingerprint density at radius 3 is 2.82 bits per heavy atom. The molecule has 2 aliphatic rings. The lowest BCUT2D eigenvalue weighted by Crippen LogP contribution is -2.45. The molecule has 3 aromatic heterocycles. The minimum Gasteiger partial charge on any atom is -0.391 e. The first-order valence-electron chi connectivity index (χ1n) is 12.0. The first kappa shape index (κ1) is 21.8. The van der Waals surface area contributed by atoms with Crippen molar-refractivity contribution in [2.24, 2.45) is 0 Å². The number of nitrogens with one attached hydrogen (secondary N) is 1. The van der Waals surface area contributed by atoms with E-state index in [0.717, 1.165) is 74.0 Å². The van der Waals surface area contributed by atoms with Gasteiger partial charge in [-0.3, -0.25) is 9.78 Å². The Hall–Kier alpha value is -3.07. The van der Waals surface area contributed by atoms with E-state index in [9.17, 15) is 9.90 Å². The Balaban J connectivity index is 1.39. The summed E-state index contributed by atoms with van der Waals surface area (Å²) in [5.41, 5.74) is 0.681. The van der Waals surface area contributed by atoms with Gasteiger partial charge in [0.2, 0.25) is 0 Å². The number of anilines is 2. The van der Waals surface area contributed by atoms with Crippen LogP contribution in [0.4, 0.5) is 11.6 Å². The molecule has 33 heavy (non-hydrogen) atoms. The molecular weight excluding hydrogens is 418 g/mol. The molecule has 2 fully saturated rings. The Labute approximate surface area is 192 Å². The summed E-state index contributed by atoms with van der Waals surface area (Å²) in [6.45, 7) is 3.48. The van der Waals surface area contributed by atoms with Gasteiger partial charge in [-0.05, 0) is 51.2 Å². The van der Waals surface area contributed by atoms with Crippen LogP contribution in [0.15, 0.2) is 35.4 Å². The molecule has 0 aromatic carbocycles. The van der Waals surface area contributed by atoms with Crippen molar-refractivity contribution < 1.29 is 5.11 Å². The van der Waals surface area contributed by atoms with Gasteiger partial charge in [-0.25, -0.2) is 14.6 Å². The van der Waals surface area contributed by atoms with Crippen LogP contribution in [-0.2, 0) is 0 Å². The summed E-state index contributed by atoms with van der Waals surface area (Å²) in [6.07, 6.45) is 9.80. The van der Waals surface area contributed by atoms with Gasteiger partial charge in [0.25, 0.3) is 5.56 Å². The molecule has 0 spiro atoms. The molecule has 9 heteroatoms. The SMILES string of the molecule is Cc1nc(NCC2CCCCN2c2ccc(=O)n(C3CCCCC3O)n2)c2ccncc2n1. The van der Waals surface area contributed by atoms with Crippen LogP contribution in [0.3, 0.4) is 0 Å². The average Bonchev–Trinajstić information content (AvgIpc) is 2.83. The summed E-state index contributed by atoms with van der Waals surface area (Å²) < 4.78 is 1.52. The first-order chi connectivity index (χ1) is 16.1. The molecule has 0 bridgehead atoms. The van der Waals surface area contributed by atoms with E-state index in [2.05, 4.69) is 25.2 Å². The highest BCUT2D eigenvalue weighted by Gasteiger charge is 2.29. The molecular formula is C24H31N7O2. The van der Waals surface area contributed by atoms with E-state index >= 15 is 0 Å². The molecule has 1 saturated heterocycles. The summed E-state index contributed by atoms with van der Waals surface area (Å²) in [7, 11) is 0. The minimum absolute atomic E-state index is 0.145. The van der Waals surface area contributed by atoms with E-state index in [1.807, 2.05) is 19.1 Å². The molecule has 3 aromatic rings. The molecule has 9 nitrogen and oxygen atoms in total. The predicted octanol–water partition coefficient (Wildman–Crippen LogP) is 2.84. The fourth-order valence-electron chi connectivity index (χ4n) is 5.14. The number of rotatable bonds is 5. The lowest BCUT2D eigenvalue weighted by Gasteiger charge is -2.37. The average molecular weight is 450 g/mol. The fourth-order valence-corrected chi connectivity index (χ4v) is 5.14. The van der Waals surface area contributed by atoms with Crippen molar-refractivity contribution in [1.82, 2.24) is 24.7 Å². The Morgan fingerprint density at radius 1 is 1.09 bits per heavy atom. The topological polar surface area (TPSA) is 109 Å². The number of aliphatic hydroxyl groups excluding tert-OH is 1. The predicted molar refractivity (Wildman–Crippen MR) is 128 cm³/mol. The molecule has 0 radical (unpaired) electrons. The number of nitrogens with zero attached hydrogens (tertiary/aromatic N) is 6. The summed E-state index contributed by atoms with van der Waals surface area (Å²) >= 11 is 0. The van der Waals surface area contributed by atoms with E-state index in [4.69, 9.17) is 5.10 Å². The molecule has 1 aliphatic heterocycles. The van der Waals surface area contributed by atoms with Gasteiger partial charge in [0, 0.05) is 36.8 Å². The lowest BCUT2D eigenvalue weighted by molar-refractivity contribution is 0.0669. The Morgan fingerprint density at radius 2 is 1.94 bits per heavy atom. The molecule has 2 N–H and O–H groups in total. The fraction of sp³-hybridized carbons (Fsp3) is 0.542. The number of piperidine rings is 1. The lowest BCUT2D eigenvalue weighted by atomic mass is 9.93. The van der Waals surface area contributed by atoms with E-state index in [1.165, 1.54) is 4.68 Å². The molecule has 174 valence electrons. The smallest absolute Gasteiger partial charge is 0.267 e. The van der Waals surface area contributed by atoms with Crippen molar-refractivity contribution in [2.75, 3.05) is 23.3 Å². The minimum atomic E-state index is -0.512. The Bertz CT molecular complexity index is 1180. The number of hydrogen-bond donors (Lipinski definition) is 2. The summed E-state index contributed by atoms with van der Waals surface area (Å²) in [4.78, 5) is 28.2. The van der Waals surface area contributed by atoms with Gasteiger partial charge in [-0.1, -0.05) is 12.8 Å². The van der Waals surface area contributed by atoms with Gasteiger partial charge >= 0.3 is 0 Å². The van der Waals surface area contributed by atoms with Crippen LogP contribution in [0.2, 0.25) is 0 Å². The van der Waals surface area contributed by atoms with Crippen molar-refractivity contribution in [3.05, 3.63) is 46.8 Å². The quantitative estimate of drug-likeness (QED) is 0.612. The summed E-state index contributed by atoms with van der Waals surface area (Å²) in [6, 6.07) is 5.33. The van der Waals surface area contributed by atoms with Crippen LogP contribution in [0.25, 0.3) is 10.9 Å². The largest absolute Gasteiger partial charge is 0.391 e. The van der Waals surface area contributed by atoms with E-state index in [0.29, 0.717) is 12.4 Å². The van der Waals surface area contributed by atoms with Gasteiger partial charge < -0.3 is 15.3 Å². The number of aryl methyl sites for hydroxylation is 1. The van der Waals surface area contributed by atoms with Crippen molar-refractivity contribution in [1.29, 1.82) is 0 Å². The first-order valence-corrected chi connectivity index (χ1v) is 12.0. The maximum Gasteiger partial charge on any atom is 0.267 e. The zero-order valence-electron chi connectivity index (χ0n) is 19.0. The number of aromatic nitrogens is 5. The van der Waals surface area contributed by atoms with Gasteiger partial charge in [0.15, 0.2) is 0 Å². The summed E-state index contributed by atoms with van der Waals surface area (Å²) in [5, 5.41) is 19.7. The third-order valence-electron chi connectivity index (χ3n) is 6.86. The molecule has 1 saturated carbocycles. The van der Waals surface area contributed by atoms with Crippen LogP contribution in [0, 0.1) is 6.92 Å². The summed E-state index contributed by atoms with van der Waals surface area (Å²) in [5.74, 6) is 2.32. The van der Waals surface area contributed by atoms with Crippen molar-refractivity contribution >= 4 is 22.5 Å². The van der Waals surface area contributed by atoms with Crippen LogP contribution < -0.4 is 15.8 Å². The monoisotopic (exact) mass is 449 g/mol. The Kier molecular flexibility index (Phi) is 6.22. The van der Waals surface area contributed by atoms with E-state index in [1.54, 1.807) is 18.5 Å². The molecule has 4 heterocycles. The van der Waals surface area contributed by atoms with Crippen LogP contribution in [0.5, 0.6) is 0 Å². The van der Waals surface area contributed by atoms with Crippen molar-refractivity contribution in [2.45, 2.75) is 70.1 Å². The molecule has 3 unspecified atom stereocenters. The van der Waals surface area contributed by atoms with Crippen LogP contribution in [-0.4, -0.2) is 55.1 Å². The molecule has 3 atom stereocenters. The van der Waals surface area contributed by atoms with Crippen LogP contribution >= 0.6 is 0 Å². The van der Waals surface area contributed by atoms with Gasteiger partial charge in [0.1, 0.15) is 17.5 Å². The van der Waals surface area contributed by atoms with Gasteiger partial charge in [-0.2, -0.15) is 5.10 Å². The van der Waals surface area contributed by atoms with Crippen LogP contribution in [0.1, 0.15) is 56.8 Å². The second kappa shape index (κ2) is 9.43. The molecule has 1 aliphatic carbocycles. The highest BCUT2D eigenvalue weighted by Crippen LogP contribution is 2.29. The maximum absolute atomic E-state index is 12.6. The zero-order valence-corrected chi connectivity index (χ0v) is 19.0. The normalized spacial score (nSPS) is 23.6. The third kappa shape index (κ3) is 4.55. The number of pyridine rings is 1. The second-order valence-corrected chi connectivity index (χ2v) is 9.13. The standard InChI is InChI=1S/C24H31N7O2/c1-16-27-19-15-25-12-11-18(19)24(28-16)26-14-17-6-4-5-13-30(17)22-9-10-23(33)31(29-22)20-7-2-3-8-21(20)32/h9-12,15,17,20-21,32H,2-8,13-14H2,1H3,(H,26,27,28). The number of aliphatic hydroxyl groups is 1. The highest BCUT2D eigenvalue weighted by atomic mass is 16.3. The second-order valence-electron chi connectivity index (χ2n) is 9.13. The highest BCUT2D eigenvalue weighted by molar-refractivity contribution is 5.88. The van der Waals surface area contributed by atoms with Gasteiger partial charge in [0.05, 0.1) is 23.9 Å². The molecule has 0 amide bonds. The van der Waals surface area contributed by atoms with Crippen molar-refractivity contribution in [3.8, 4) is 0 Å².